The van der Waals surface area contributed by atoms with Gasteiger partial charge in [-0.1, -0.05) is 6.07 Å². The van der Waals surface area contributed by atoms with Crippen molar-refractivity contribution in [1.82, 2.24) is 0 Å². The normalized spacial score (nSPS) is 18.2. The Morgan fingerprint density at radius 1 is 1.38 bits per heavy atom. The van der Waals surface area contributed by atoms with Crippen molar-refractivity contribution in [2.45, 2.75) is 25.7 Å². The topological polar surface area (TPSA) is 66.5 Å². The van der Waals surface area contributed by atoms with E-state index in [-0.39, 0.29) is 11.8 Å². The standard InChI is InChI=1S/C14H17ClN2O3S/c15-9-21(19,20)16-12-6-5-10-2-1-7-17(13(10)8-12)14(18)11-3-4-11/h5-6,8,11,16H,1-4,7,9H2. The number of fused-ring (bicyclic) bond motifs is 1. The van der Waals surface area contributed by atoms with Gasteiger partial charge in [-0.2, -0.15) is 0 Å². The molecule has 5 nitrogen and oxygen atoms in total. The molecule has 0 saturated heterocycles. The molecule has 7 heteroatoms. The molecule has 0 bridgehead atoms. The predicted octanol–water partition coefficient (Wildman–Crippen LogP) is 2.31. The zero-order chi connectivity index (χ0) is 15.0. The lowest BCUT2D eigenvalue weighted by molar-refractivity contribution is -0.119. The van der Waals surface area contributed by atoms with Crippen molar-refractivity contribution in [3.05, 3.63) is 23.8 Å². The summed E-state index contributed by atoms with van der Waals surface area (Å²) in [6.45, 7) is 0.702. The summed E-state index contributed by atoms with van der Waals surface area (Å²) in [6, 6.07) is 5.33. The van der Waals surface area contributed by atoms with Crippen molar-refractivity contribution in [2.24, 2.45) is 5.92 Å². The van der Waals surface area contributed by atoms with Crippen molar-refractivity contribution in [1.29, 1.82) is 0 Å². The van der Waals surface area contributed by atoms with Gasteiger partial charge in [0.2, 0.25) is 15.9 Å². The van der Waals surface area contributed by atoms with Crippen LogP contribution in [0, 0.1) is 5.92 Å². The van der Waals surface area contributed by atoms with E-state index >= 15 is 0 Å². The molecule has 0 unspecified atom stereocenters. The second-order valence-electron chi connectivity index (χ2n) is 5.54. The van der Waals surface area contributed by atoms with Crippen LogP contribution in [-0.4, -0.2) is 26.1 Å². The van der Waals surface area contributed by atoms with E-state index < -0.39 is 15.2 Å². The Morgan fingerprint density at radius 2 is 2.14 bits per heavy atom. The molecule has 1 aromatic carbocycles. The number of nitrogens with one attached hydrogen (secondary N) is 1. The Hall–Kier alpha value is -1.27. The number of benzene rings is 1. The first-order chi connectivity index (χ1) is 10.00. The first-order valence-corrected chi connectivity index (χ1v) is 9.19. The number of rotatable bonds is 4. The van der Waals surface area contributed by atoms with Gasteiger partial charge in [-0.25, -0.2) is 8.42 Å². The van der Waals surface area contributed by atoms with Crippen molar-refractivity contribution >= 4 is 38.9 Å². The van der Waals surface area contributed by atoms with Gasteiger partial charge >= 0.3 is 0 Å². The number of halogens is 1. The first kappa shape index (κ1) is 14.7. The molecule has 0 spiro atoms. The molecule has 3 rings (SSSR count). The number of alkyl halides is 1. The van der Waals surface area contributed by atoms with Crippen LogP contribution in [0.4, 0.5) is 11.4 Å². The maximum atomic E-state index is 12.3. The zero-order valence-electron chi connectivity index (χ0n) is 11.5. The molecule has 0 atom stereocenters. The average Bonchev–Trinajstić information content (AvgIpc) is 3.30. The monoisotopic (exact) mass is 328 g/mol. The zero-order valence-corrected chi connectivity index (χ0v) is 13.1. The molecular formula is C14H17ClN2O3S. The Bertz CT molecular complexity index is 671. The number of carbonyl (C=O) groups excluding carboxylic acids is 1. The average molecular weight is 329 g/mol. The molecule has 1 amide bonds. The molecule has 1 aromatic rings. The summed E-state index contributed by atoms with van der Waals surface area (Å²) >= 11 is 5.40. The van der Waals surface area contributed by atoms with Gasteiger partial charge < -0.3 is 4.90 Å². The third-order valence-electron chi connectivity index (χ3n) is 3.81. The minimum absolute atomic E-state index is 0.152. The summed E-state index contributed by atoms with van der Waals surface area (Å²) in [7, 11) is -3.53. The molecule has 1 N–H and O–H groups in total. The fourth-order valence-electron chi connectivity index (χ4n) is 2.62. The highest BCUT2D eigenvalue weighted by molar-refractivity contribution is 7.93. The molecule has 1 heterocycles. The fraction of sp³-hybridized carbons (Fsp3) is 0.500. The summed E-state index contributed by atoms with van der Waals surface area (Å²) in [5, 5.41) is -0.491. The molecule has 1 saturated carbocycles. The highest BCUT2D eigenvalue weighted by Gasteiger charge is 2.35. The van der Waals surface area contributed by atoms with Crippen LogP contribution in [0.25, 0.3) is 0 Å². The van der Waals surface area contributed by atoms with Gasteiger partial charge in [0.1, 0.15) is 5.21 Å². The van der Waals surface area contributed by atoms with Gasteiger partial charge in [-0.3, -0.25) is 9.52 Å². The highest BCUT2D eigenvalue weighted by atomic mass is 35.5. The number of amides is 1. The maximum absolute atomic E-state index is 12.3. The van der Waals surface area contributed by atoms with Gasteiger partial charge in [-0.15, -0.1) is 11.6 Å². The molecule has 1 aliphatic heterocycles. The van der Waals surface area contributed by atoms with E-state index in [0.29, 0.717) is 12.2 Å². The predicted molar refractivity (Wildman–Crippen MR) is 83.1 cm³/mol. The van der Waals surface area contributed by atoms with Crippen LogP contribution in [0.5, 0.6) is 0 Å². The van der Waals surface area contributed by atoms with E-state index in [9.17, 15) is 13.2 Å². The van der Waals surface area contributed by atoms with Crippen LogP contribution >= 0.6 is 11.6 Å². The maximum Gasteiger partial charge on any atom is 0.246 e. The van der Waals surface area contributed by atoms with E-state index in [1.54, 1.807) is 17.0 Å². The Balaban J connectivity index is 1.91. The quantitative estimate of drug-likeness (QED) is 0.862. The van der Waals surface area contributed by atoms with Crippen LogP contribution in [-0.2, 0) is 21.2 Å². The highest BCUT2D eigenvalue weighted by Crippen LogP contribution is 2.37. The summed E-state index contributed by atoms with van der Waals surface area (Å²) < 4.78 is 25.5. The smallest absolute Gasteiger partial charge is 0.246 e. The number of hydrogen-bond donors (Lipinski definition) is 1. The molecule has 0 radical (unpaired) electrons. The number of aryl methyl sites for hydroxylation is 1. The summed E-state index contributed by atoms with van der Waals surface area (Å²) in [5.74, 6) is 0.312. The van der Waals surface area contributed by atoms with E-state index in [1.807, 2.05) is 6.07 Å². The van der Waals surface area contributed by atoms with E-state index in [1.165, 1.54) is 0 Å². The molecule has 1 aliphatic carbocycles. The Morgan fingerprint density at radius 3 is 2.81 bits per heavy atom. The number of nitrogens with zero attached hydrogens (tertiary/aromatic N) is 1. The van der Waals surface area contributed by atoms with Crippen LogP contribution in [0.15, 0.2) is 18.2 Å². The lowest BCUT2D eigenvalue weighted by Crippen LogP contribution is -2.36. The third kappa shape index (κ3) is 3.16. The third-order valence-corrected chi connectivity index (χ3v) is 5.51. The van der Waals surface area contributed by atoms with Gasteiger partial charge in [-0.05, 0) is 43.4 Å². The van der Waals surface area contributed by atoms with Crippen molar-refractivity contribution < 1.29 is 13.2 Å². The van der Waals surface area contributed by atoms with Crippen LogP contribution in [0.1, 0.15) is 24.8 Å². The van der Waals surface area contributed by atoms with E-state index in [0.717, 1.165) is 36.9 Å². The van der Waals surface area contributed by atoms with Gasteiger partial charge in [0, 0.05) is 18.2 Å². The molecule has 2 aliphatic rings. The van der Waals surface area contributed by atoms with Crippen LogP contribution in [0.3, 0.4) is 0 Å². The number of carbonyl (C=O) groups is 1. The van der Waals surface area contributed by atoms with Crippen molar-refractivity contribution in [3.8, 4) is 0 Å². The number of sulfonamides is 1. The largest absolute Gasteiger partial charge is 0.312 e. The van der Waals surface area contributed by atoms with Crippen molar-refractivity contribution in [3.63, 3.8) is 0 Å². The fourth-order valence-corrected chi connectivity index (χ4v) is 3.33. The molecule has 0 aromatic heterocycles. The van der Waals surface area contributed by atoms with Gasteiger partial charge in [0.05, 0.1) is 5.69 Å². The Kier molecular flexibility index (Phi) is 3.84. The lowest BCUT2D eigenvalue weighted by atomic mass is 10.0. The molecular weight excluding hydrogens is 312 g/mol. The number of anilines is 2. The van der Waals surface area contributed by atoms with Crippen LogP contribution < -0.4 is 9.62 Å². The SMILES string of the molecule is O=C(C1CC1)N1CCCc2ccc(NS(=O)(=O)CCl)cc21. The van der Waals surface area contributed by atoms with E-state index in [4.69, 9.17) is 11.6 Å². The molecule has 1 fully saturated rings. The Labute approximate surface area is 129 Å². The van der Waals surface area contributed by atoms with Gasteiger partial charge in [0.15, 0.2) is 0 Å². The second-order valence-corrected chi connectivity index (χ2v) is 7.84. The summed E-state index contributed by atoms with van der Waals surface area (Å²) in [5.41, 5.74) is 2.36. The molecule has 114 valence electrons. The summed E-state index contributed by atoms with van der Waals surface area (Å²) in [4.78, 5) is 14.1. The summed E-state index contributed by atoms with van der Waals surface area (Å²) in [6.07, 6.45) is 3.77. The minimum atomic E-state index is -3.53. The van der Waals surface area contributed by atoms with Crippen LogP contribution in [0.2, 0.25) is 0 Å². The minimum Gasteiger partial charge on any atom is -0.312 e. The second kappa shape index (κ2) is 5.50. The van der Waals surface area contributed by atoms with Gasteiger partial charge in [0.25, 0.3) is 0 Å². The lowest BCUT2D eigenvalue weighted by Gasteiger charge is -2.30. The number of hydrogen-bond acceptors (Lipinski definition) is 3. The molecule has 21 heavy (non-hydrogen) atoms. The first-order valence-electron chi connectivity index (χ1n) is 7.01. The van der Waals surface area contributed by atoms with Crippen molar-refractivity contribution in [2.75, 3.05) is 21.4 Å². The van der Waals surface area contributed by atoms with E-state index in [2.05, 4.69) is 4.72 Å².